The van der Waals surface area contributed by atoms with Gasteiger partial charge in [-0.25, -0.2) is 0 Å². The number of nitrogens with zero attached hydrogens (tertiary/aromatic N) is 2. The number of fused-ring (bicyclic) bond motifs is 1. The monoisotopic (exact) mass is 299 g/mol. The van der Waals surface area contributed by atoms with E-state index in [2.05, 4.69) is 4.98 Å². The fourth-order valence-electron chi connectivity index (χ4n) is 3.09. The van der Waals surface area contributed by atoms with Gasteiger partial charge in [-0.1, -0.05) is 25.1 Å². The van der Waals surface area contributed by atoms with E-state index in [1.807, 2.05) is 47.9 Å². The average molecular weight is 299 g/mol. The van der Waals surface area contributed by atoms with E-state index >= 15 is 0 Å². The number of nitrogens with one attached hydrogen (secondary N) is 1. The van der Waals surface area contributed by atoms with Crippen LogP contribution in [0.25, 0.3) is 10.9 Å². The molecule has 1 aromatic heterocycles. The molecule has 0 aliphatic carbocycles. The number of aromatic amines is 1. The molecule has 1 fully saturated rings. The molecule has 2 amide bonds. The van der Waals surface area contributed by atoms with Gasteiger partial charge in [-0.3, -0.25) is 9.59 Å². The predicted octanol–water partition coefficient (Wildman–Crippen LogP) is 2.17. The molecule has 2 heterocycles. The van der Waals surface area contributed by atoms with Gasteiger partial charge in [0.1, 0.15) is 0 Å². The Balaban J connectivity index is 1.80. The summed E-state index contributed by atoms with van der Waals surface area (Å²) in [5, 5.41) is 0.970. The molecule has 0 unspecified atom stereocenters. The third kappa shape index (κ3) is 2.47. The van der Waals surface area contributed by atoms with Crippen LogP contribution in [0.1, 0.15) is 29.4 Å². The van der Waals surface area contributed by atoms with Gasteiger partial charge >= 0.3 is 0 Å². The zero-order valence-corrected chi connectivity index (χ0v) is 13.1. The van der Waals surface area contributed by atoms with Crippen molar-refractivity contribution in [2.75, 3.05) is 26.2 Å². The average Bonchev–Trinajstić information content (AvgIpc) is 2.89. The normalized spacial score (nSPS) is 15.4. The SMILES string of the molecule is CCC(=O)N1CCN(C(=O)c2c(C)[nH]c3ccccc23)CC1. The Bertz CT molecular complexity index is 712. The van der Waals surface area contributed by atoms with Crippen LogP contribution in [0, 0.1) is 6.92 Å². The molecule has 1 N–H and O–H groups in total. The van der Waals surface area contributed by atoms with Crippen LogP contribution in [0.3, 0.4) is 0 Å². The highest BCUT2D eigenvalue weighted by Gasteiger charge is 2.26. The molecule has 22 heavy (non-hydrogen) atoms. The predicted molar refractivity (Wildman–Crippen MR) is 85.8 cm³/mol. The van der Waals surface area contributed by atoms with Crippen LogP contribution in [0.15, 0.2) is 24.3 Å². The maximum atomic E-state index is 12.8. The number of H-pyrrole nitrogens is 1. The first kappa shape index (κ1) is 14.6. The van der Waals surface area contributed by atoms with E-state index in [-0.39, 0.29) is 11.8 Å². The van der Waals surface area contributed by atoms with Crippen molar-refractivity contribution in [2.45, 2.75) is 20.3 Å². The topological polar surface area (TPSA) is 56.4 Å². The van der Waals surface area contributed by atoms with Gasteiger partial charge in [0.2, 0.25) is 5.91 Å². The van der Waals surface area contributed by atoms with Gasteiger partial charge in [0, 0.05) is 49.2 Å². The highest BCUT2D eigenvalue weighted by Crippen LogP contribution is 2.23. The second-order valence-electron chi connectivity index (χ2n) is 5.70. The number of amides is 2. The van der Waals surface area contributed by atoms with E-state index in [1.165, 1.54) is 0 Å². The Hall–Kier alpha value is -2.30. The van der Waals surface area contributed by atoms with Crippen LogP contribution in [-0.4, -0.2) is 52.8 Å². The fraction of sp³-hybridized carbons (Fsp3) is 0.412. The van der Waals surface area contributed by atoms with Gasteiger partial charge in [0.25, 0.3) is 5.91 Å². The van der Waals surface area contributed by atoms with E-state index in [0.29, 0.717) is 32.6 Å². The van der Waals surface area contributed by atoms with Gasteiger partial charge in [-0.2, -0.15) is 0 Å². The largest absolute Gasteiger partial charge is 0.358 e. The lowest BCUT2D eigenvalue weighted by Gasteiger charge is -2.34. The number of aromatic nitrogens is 1. The zero-order valence-electron chi connectivity index (χ0n) is 13.1. The molecule has 0 bridgehead atoms. The zero-order chi connectivity index (χ0) is 15.7. The van der Waals surface area contributed by atoms with Gasteiger partial charge in [0.15, 0.2) is 0 Å². The smallest absolute Gasteiger partial charge is 0.256 e. The summed E-state index contributed by atoms with van der Waals surface area (Å²) in [6, 6.07) is 7.87. The maximum absolute atomic E-state index is 12.8. The quantitative estimate of drug-likeness (QED) is 0.924. The number of aryl methyl sites for hydroxylation is 1. The standard InChI is InChI=1S/C17H21N3O2/c1-3-15(21)19-8-10-20(11-9-19)17(22)16-12(2)18-14-7-5-4-6-13(14)16/h4-7,18H,3,8-11H2,1-2H3. The lowest BCUT2D eigenvalue weighted by Crippen LogP contribution is -2.50. The third-order valence-corrected chi connectivity index (χ3v) is 4.33. The van der Waals surface area contributed by atoms with Crippen LogP contribution in [0.5, 0.6) is 0 Å². The number of benzene rings is 1. The van der Waals surface area contributed by atoms with Crippen LogP contribution >= 0.6 is 0 Å². The maximum Gasteiger partial charge on any atom is 0.256 e. The van der Waals surface area contributed by atoms with Crippen LogP contribution in [-0.2, 0) is 4.79 Å². The Morgan fingerprint density at radius 3 is 2.41 bits per heavy atom. The molecule has 116 valence electrons. The van der Waals surface area contributed by atoms with Crippen molar-refractivity contribution in [2.24, 2.45) is 0 Å². The minimum atomic E-state index is 0.0542. The molecule has 5 nitrogen and oxygen atoms in total. The molecule has 0 radical (unpaired) electrons. The second kappa shape index (κ2) is 5.83. The number of carbonyl (C=O) groups is 2. The van der Waals surface area contributed by atoms with Gasteiger partial charge < -0.3 is 14.8 Å². The summed E-state index contributed by atoms with van der Waals surface area (Å²) in [4.78, 5) is 31.5. The highest BCUT2D eigenvalue weighted by atomic mass is 16.2. The minimum absolute atomic E-state index is 0.0542. The second-order valence-corrected chi connectivity index (χ2v) is 5.70. The molecule has 1 aromatic carbocycles. The lowest BCUT2D eigenvalue weighted by atomic mass is 10.1. The number of hydrogen-bond acceptors (Lipinski definition) is 2. The highest BCUT2D eigenvalue weighted by molar-refractivity contribution is 6.08. The number of para-hydroxylation sites is 1. The first-order valence-corrected chi connectivity index (χ1v) is 7.76. The Kier molecular flexibility index (Phi) is 3.88. The summed E-state index contributed by atoms with van der Waals surface area (Å²) in [5.41, 5.74) is 2.65. The van der Waals surface area contributed by atoms with Gasteiger partial charge in [-0.15, -0.1) is 0 Å². The Labute approximate surface area is 129 Å². The summed E-state index contributed by atoms with van der Waals surface area (Å²) in [6.45, 7) is 6.26. The molecule has 2 aromatic rings. The van der Waals surface area contributed by atoms with E-state index in [4.69, 9.17) is 0 Å². The van der Waals surface area contributed by atoms with E-state index in [1.54, 1.807) is 0 Å². The van der Waals surface area contributed by atoms with Gasteiger partial charge in [0.05, 0.1) is 5.56 Å². The van der Waals surface area contributed by atoms with E-state index < -0.39 is 0 Å². The third-order valence-electron chi connectivity index (χ3n) is 4.33. The Morgan fingerprint density at radius 2 is 1.73 bits per heavy atom. The van der Waals surface area contributed by atoms with Crippen LogP contribution < -0.4 is 0 Å². The fourth-order valence-corrected chi connectivity index (χ4v) is 3.09. The summed E-state index contributed by atoms with van der Waals surface area (Å²) < 4.78 is 0. The summed E-state index contributed by atoms with van der Waals surface area (Å²) in [6.07, 6.45) is 0.523. The lowest BCUT2D eigenvalue weighted by molar-refractivity contribution is -0.132. The first-order chi connectivity index (χ1) is 10.6. The number of hydrogen-bond donors (Lipinski definition) is 1. The molecule has 1 aliphatic heterocycles. The van der Waals surface area contributed by atoms with Crippen molar-refractivity contribution in [1.82, 2.24) is 14.8 Å². The van der Waals surface area contributed by atoms with Crippen molar-refractivity contribution >= 4 is 22.7 Å². The molecule has 1 saturated heterocycles. The van der Waals surface area contributed by atoms with Crippen molar-refractivity contribution in [3.8, 4) is 0 Å². The minimum Gasteiger partial charge on any atom is -0.358 e. The van der Waals surface area contributed by atoms with Gasteiger partial charge in [-0.05, 0) is 13.0 Å². The summed E-state index contributed by atoms with van der Waals surface area (Å²) in [5.74, 6) is 0.217. The Morgan fingerprint density at radius 1 is 1.09 bits per heavy atom. The number of rotatable bonds is 2. The molecular weight excluding hydrogens is 278 g/mol. The van der Waals surface area contributed by atoms with E-state index in [0.717, 1.165) is 22.2 Å². The van der Waals surface area contributed by atoms with Crippen molar-refractivity contribution < 1.29 is 9.59 Å². The summed E-state index contributed by atoms with van der Waals surface area (Å²) in [7, 11) is 0. The molecule has 0 spiro atoms. The molecule has 1 aliphatic rings. The number of piperazine rings is 1. The molecule has 0 atom stereocenters. The van der Waals surface area contributed by atoms with Crippen molar-refractivity contribution in [1.29, 1.82) is 0 Å². The van der Waals surface area contributed by atoms with Crippen LogP contribution in [0.4, 0.5) is 0 Å². The molecule has 0 saturated carbocycles. The molecule has 5 heteroatoms. The molecule has 3 rings (SSSR count). The van der Waals surface area contributed by atoms with Crippen molar-refractivity contribution in [3.05, 3.63) is 35.5 Å². The first-order valence-electron chi connectivity index (χ1n) is 7.76. The van der Waals surface area contributed by atoms with Crippen molar-refractivity contribution in [3.63, 3.8) is 0 Å². The molecular formula is C17H21N3O2. The van der Waals surface area contributed by atoms with Crippen LogP contribution in [0.2, 0.25) is 0 Å². The number of carbonyl (C=O) groups excluding carboxylic acids is 2. The van der Waals surface area contributed by atoms with E-state index in [9.17, 15) is 9.59 Å². The summed E-state index contributed by atoms with van der Waals surface area (Å²) >= 11 is 0.